The Morgan fingerprint density at radius 2 is 1.82 bits per heavy atom. The summed E-state index contributed by atoms with van der Waals surface area (Å²) in [7, 11) is 1.43. The molecule has 1 heterocycles. The standard InChI is InChI=1S/C28H26N4O6/c1-4-38-24-16-20(29-17(2)33)11-12-21(24)27(35)31-32-26(19-8-6-5-7-9-19)30-22(28(32)36)14-18-10-13-23(34)25(15-18)37-3/h5-16,34H,4H2,1-3H3,(H,29,33)(H,31,35). The zero-order valence-electron chi connectivity index (χ0n) is 21.0. The zero-order chi connectivity index (χ0) is 27.2. The summed E-state index contributed by atoms with van der Waals surface area (Å²) in [4.78, 5) is 42.7. The topological polar surface area (TPSA) is 130 Å². The molecule has 0 spiro atoms. The number of hydrogen-bond donors (Lipinski definition) is 3. The van der Waals surface area contributed by atoms with Gasteiger partial charge < -0.3 is 19.9 Å². The molecule has 3 N–H and O–H groups in total. The van der Waals surface area contributed by atoms with Crippen LogP contribution in [0.2, 0.25) is 0 Å². The van der Waals surface area contributed by atoms with E-state index in [4.69, 9.17) is 9.47 Å². The summed E-state index contributed by atoms with van der Waals surface area (Å²) >= 11 is 0. The lowest BCUT2D eigenvalue weighted by Crippen LogP contribution is -2.47. The normalized spacial score (nSPS) is 13.8. The number of phenols is 1. The van der Waals surface area contributed by atoms with Crippen LogP contribution in [-0.2, 0) is 9.59 Å². The van der Waals surface area contributed by atoms with Gasteiger partial charge in [0, 0.05) is 24.2 Å². The lowest BCUT2D eigenvalue weighted by molar-refractivity contribution is -0.124. The monoisotopic (exact) mass is 514 g/mol. The predicted molar refractivity (Wildman–Crippen MR) is 142 cm³/mol. The number of carbonyl (C=O) groups excluding carboxylic acids is 3. The van der Waals surface area contributed by atoms with Crippen molar-refractivity contribution in [2.24, 2.45) is 4.99 Å². The third-order valence-corrected chi connectivity index (χ3v) is 5.46. The second-order valence-electron chi connectivity index (χ2n) is 8.17. The Kier molecular flexibility index (Phi) is 7.72. The Labute approximate surface area is 219 Å². The van der Waals surface area contributed by atoms with E-state index in [-0.39, 0.29) is 46.9 Å². The highest BCUT2D eigenvalue weighted by Gasteiger charge is 2.33. The number of amidine groups is 1. The number of phenolic OH excluding ortho intramolecular Hbond substituents is 1. The van der Waals surface area contributed by atoms with Crippen molar-refractivity contribution < 1.29 is 29.0 Å². The van der Waals surface area contributed by atoms with Gasteiger partial charge in [0.05, 0.1) is 19.3 Å². The molecule has 0 aliphatic carbocycles. The summed E-state index contributed by atoms with van der Waals surface area (Å²) in [5.74, 6) is -0.745. The number of aliphatic imine (C=N–C) groups is 1. The number of carbonyl (C=O) groups is 3. The van der Waals surface area contributed by atoms with Gasteiger partial charge in [-0.2, -0.15) is 5.01 Å². The minimum Gasteiger partial charge on any atom is -0.504 e. The van der Waals surface area contributed by atoms with Crippen molar-refractivity contribution in [2.45, 2.75) is 13.8 Å². The van der Waals surface area contributed by atoms with E-state index in [1.165, 1.54) is 32.2 Å². The first kappa shape index (κ1) is 26.0. The fourth-order valence-electron chi connectivity index (χ4n) is 3.77. The highest BCUT2D eigenvalue weighted by atomic mass is 16.5. The number of amides is 3. The smallest absolute Gasteiger partial charge is 0.297 e. The summed E-state index contributed by atoms with van der Waals surface area (Å²) in [5.41, 5.74) is 4.53. The summed E-state index contributed by atoms with van der Waals surface area (Å²) in [6.45, 7) is 3.43. The SMILES string of the molecule is CCOc1cc(NC(C)=O)ccc1C(=O)NN1C(=O)C(=Cc2ccc(O)c(OC)c2)N=C1c1ccccc1. The van der Waals surface area contributed by atoms with E-state index in [1.54, 1.807) is 55.5 Å². The number of aromatic hydroxyl groups is 1. The second kappa shape index (κ2) is 11.3. The summed E-state index contributed by atoms with van der Waals surface area (Å²) in [6, 6.07) is 18.2. The van der Waals surface area contributed by atoms with Crippen molar-refractivity contribution in [2.75, 3.05) is 19.0 Å². The van der Waals surface area contributed by atoms with Crippen molar-refractivity contribution in [3.8, 4) is 17.2 Å². The van der Waals surface area contributed by atoms with Crippen LogP contribution < -0.4 is 20.2 Å². The van der Waals surface area contributed by atoms with E-state index in [9.17, 15) is 19.5 Å². The average Bonchev–Trinajstić information content (AvgIpc) is 3.20. The summed E-state index contributed by atoms with van der Waals surface area (Å²) < 4.78 is 10.8. The fraction of sp³-hybridized carbons (Fsp3) is 0.143. The van der Waals surface area contributed by atoms with E-state index in [0.29, 0.717) is 16.8 Å². The predicted octanol–water partition coefficient (Wildman–Crippen LogP) is 3.73. The van der Waals surface area contributed by atoms with Crippen molar-refractivity contribution in [3.05, 3.63) is 89.1 Å². The molecule has 0 fully saturated rings. The lowest BCUT2D eigenvalue weighted by atomic mass is 10.1. The van der Waals surface area contributed by atoms with Crippen LogP contribution in [0.3, 0.4) is 0 Å². The average molecular weight is 515 g/mol. The molecule has 0 saturated carbocycles. The first-order valence-electron chi connectivity index (χ1n) is 11.7. The molecule has 1 aliphatic heterocycles. The van der Waals surface area contributed by atoms with Gasteiger partial charge in [-0.15, -0.1) is 0 Å². The maximum atomic E-state index is 13.4. The van der Waals surface area contributed by atoms with Gasteiger partial charge in [-0.1, -0.05) is 36.4 Å². The first-order chi connectivity index (χ1) is 18.3. The Morgan fingerprint density at radius 1 is 1.05 bits per heavy atom. The molecule has 1 aliphatic rings. The molecule has 0 saturated heterocycles. The minimum absolute atomic E-state index is 0.0376. The van der Waals surface area contributed by atoms with Crippen LogP contribution in [0, 0.1) is 0 Å². The molecule has 10 heteroatoms. The molecule has 10 nitrogen and oxygen atoms in total. The fourth-order valence-corrected chi connectivity index (χ4v) is 3.77. The quantitative estimate of drug-likeness (QED) is 0.393. The first-order valence-corrected chi connectivity index (χ1v) is 11.7. The number of benzene rings is 3. The van der Waals surface area contributed by atoms with Crippen molar-refractivity contribution in [1.82, 2.24) is 10.4 Å². The van der Waals surface area contributed by atoms with Crippen LogP contribution in [0.25, 0.3) is 6.08 Å². The molecule has 194 valence electrons. The maximum Gasteiger partial charge on any atom is 0.297 e. The van der Waals surface area contributed by atoms with Gasteiger partial charge >= 0.3 is 0 Å². The molecular weight excluding hydrogens is 488 g/mol. The van der Waals surface area contributed by atoms with E-state index in [1.807, 2.05) is 6.07 Å². The Bertz CT molecular complexity index is 1450. The molecule has 0 bridgehead atoms. The number of nitrogens with zero attached hydrogens (tertiary/aromatic N) is 2. The molecule has 3 amide bonds. The van der Waals surface area contributed by atoms with Crippen LogP contribution in [0.5, 0.6) is 17.2 Å². The number of hydrogen-bond acceptors (Lipinski definition) is 7. The molecule has 38 heavy (non-hydrogen) atoms. The molecule has 0 radical (unpaired) electrons. The third-order valence-electron chi connectivity index (χ3n) is 5.46. The number of ether oxygens (including phenoxy) is 2. The van der Waals surface area contributed by atoms with E-state index in [0.717, 1.165) is 5.01 Å². The Morgan fingerprint density at radius 3 is 2.50 bits per heavy atom. The molecule has 0 aromatic heterocycles. The third kappa shape index (κ3) is 5.65. The lowest BCUT2D eigenvalue weighted by Gasteiger charge is -2.20. The van der Waals surface area contributed by atoms with Gasteiger partial charge in [0.1, 0.15) is 11.4 Å². The maximum absolute atomic E-state index is 13.4. The number of methoxy groups -OCH3 is 1. The van der Waals surface area contributed by atoms with Gasteiger partial charge in [-0.25, -0.2) is 4.99 Å². The van der Waals surface area contributed by atoms with Crippen LogP contribution in [0.4, 0.5) is 5.69 Å². The molecule has 0 unspecified atom stereocenters. The summed E-state index contributed by atoms with van der Waals surface area (Å²) in [5, 5.41) is 13.6. The van der Waals surface area contributed by atoms with Crippen LogP contribution >= 0.6 is 0 Å². The molecular formula is C28H26N4O6. The van der Waals surface area contributed by atoms with Crippen LogP contribution in [0.15, 0.2) is 77.4 Å². The molecule has 0 atom stereocenters. The van der Waals surface area contributed by atoms with Crippen molar-refractivity contribution in [1.29, 1.82) is 0 Å². The zero-order valence-corrected chi connectivity index (χ0v) is 21.0. The number of nitrogens with one attached hydrogen (secondary N) is 2. The number of anilines is 1. The Balaban J connectivity index is 1.69. The van der Waals surface area contributed by atoms with Gasteiger partial charge in [0.25, 0.3) is 11.8 Å². The van der Waals surface area contributed by atoms with Gasteiger partial charge in [-0.3, -0.25) is 19.8 Å². The van der Waals surface area contributed by atoms with Crippen LogP contribution in [-0.4, -0.2) is 47.4 Å². The van der Waals surface area contributed by atoms with Gasteiger partial charge in [0.15, 0.2) is 17.3 Å². The minimum atomic E-state index is -0.604. The number of rotatable bonds is 8. The van der Waals surface area contributed by atoms with Gasteiger partial charge in [0.2, 0.25) is 5.91 Å². The van der Waals surface area contributed by atoms with Gasteiger partial charge in [-0.05, 0) is 42.8 Å². The van der Waals surface area contributed by atoms with Crippen LogP contribution in [0.1, 0.15) is 35.3 Å². The Hall–Kier alpha value is -5.12. The molecule has 4 rings (SSSR count). The van der Waals surface area contributed by atoms with E-state index in [2.05, 4.69) is 15.7 Å². The number of hydrazine groups is 1. The highest BCUT2D eigenvalue weighted by molar-refractivity contribution is 6.20. The highest BCUT2D eigenvalue weighted by Crippen LogP contribution is 2.29. The van der Waals surface area contributed by atoms with E-state index < -0.39 is 11.8 Å². The molecule has 3 aromatic rings. The molecule has 3 aromatic carbocycles. The second-order valence-corrected chi connectivity index (χ2v) is 8.17. The van der Waals surface area contributed by atoms with E-state index >= 15 is 0 Å². The van der Waals surface area contributed by atoms with Crippen molar-refractivity contribution >= 4 is 35.3 Å². The van der Waals surface area contributed by atoms with Crippen molar-refractivity contribution in [3.63, 3.8) is 0 Å². The summed E-state index contributed by atoms with van der Waals surface area (Å²) in [6.07, 6.45) is 1.53. The largest absolute Gasteiger partial charge is 0.504 e.